The number of hydroxylamine groups is 2. The molecule has 6 heteroatoms. The summed E-state index contributed by atoms with van der Waals surface area (Å²) in [6.45, 7) is -0.0891. The van der Waals surface area contributed by atoms with Crippen molar-refractivity contribution in [3.63, 3.8) is 0 Å². The molecule has 0 spiro atoms. The summed E-state index contributed by atoms with van der Waals surface area (Å²) in [6, 6.07) is 3.10. The van der Waals surface area contributed by atoms with E-state index in [0.29, 0.717) is 0 Å². The molecule has 15 heavy (non-hydrogen) atoms. The Kier molecular flexibility index (Phi) is 3.46. The quantitative estimate of drug-likeness (QED) is 0.680. The lowest BCUT2D eigenvalue weighted by Crippen LogP contribution is -2.33. The summed E-state index contributed by atoms with van der Waals surface area (Å²) in [7, 11) is 2.85. The first-order valence-corrected chi connectivity index (χ1v) is 4.32. The third kappa shape index (κ3) is 2.57. The first-order chi connectivity index (χ1) is 7.06. The zero-order chi connectivity index (χ0) is 11.4. The topological polar surface area (TPSA) is 77.6 Å². The number of pyridine rings is 1. The molecule has 2 N–H and O–H groups in total. The molecule has 0 unspecified atom stereocenters. The molecule has 0 radical (unpaired) electrons. The minimum Gasteiger partial charge on any atom is -0.394 e. The lowest BCUT2D eigenvalue weighted by atomic mass is 10.4. The largest absolute Gasteiger partial charge is 0.394 e. The Morgan fingerprint density at radius 1 is 1.67 bits per heavy atom. The average molecular weight is 211 g/mol. The van der Waals surface area contributed by atoms with Crippen molar-refractivity contribution >= 4 is 11.6 Å². The van der Waals surface area contributed by atoms with Gasteiger partial charge in [-0.25, -0.2) is 5.06 Å². The SMILES string of the molecule is CON(C)C(=O)Cn1cccc(N)c1=O. The van der Waals surface area contributed by atoms with Crippen molar-refractivity contribution in [3.8, 4) is 0 Å². The van der Waals surface area contributed by atoms with Crippen molar-refractivity contribution in [1.29, 1.82) is 0 Å². The molecule has 0 aliphatic heterocycles. The van der Waals surface area contributed by atoms with Crippen LogP contribution in [-0.2, 0) is 16.2 Å². The number of anilines is 1. The van der Waals surface area contributed by atoms with E-state index in [9.17, 15) is 9.59 Å². The third-order valence-corrected chi connectivity index (χ3v) is 1.98. The van der Waals surface area contributed by atoms with E-state index in [1.165, 1.54) is 31.0 Å². The number of nitrogens with zero attached hydrogens (tertiary/aromatic N) is 2. The van der Waals surface area contributed by atoms with Crippen LogP contribution in [0.5, 0.6) is 0 Å². The maximum atomic E-state index is 11.4. The second-order valence-corrected chi connectivity index (χ2v) is 2.97. The first kappa shape index (κ1) is 11.3. The Balaban J connectivity index is 2.86. The van der Waals surface area contributed by atoms with Crippen molar-refractivity contribution < 1.29 is 9.63 Å². The summed E-state index contributed by atoms with van der Waals surface area (Å²) in [6.07, 6.45) is 1.50. The van der Waals surface area contributed by atoms with Gasteiger partial charge in [0.2, 0.25) is 0 Å². The molecule has 1 amide bonds. The summed E-state index contributed by atoms with van der Waals surface area (Å²) in [4.78, 5) is 27.5. The van der Waals surface area contributed by atoms with E-state index < -0.39 is 0 Å². The minimum atomic E-state index is -0.379. The highest BCUT2D eigenvalue weighted by molar-refractivity contribution is 5.74. The number of hydrogen-bond donors (Lipinski definition) is 1. The molecular weight excluding hydrogens is 198 g/mol. The van der Waals surface area contributed by atoms with E-state index in [-0.39, 0.29) is 23.7 Å². The average Bonchev–Trinajstić information content (AvgIpc) is 2.23. The smallest absolute Gasteiger partial charge is 0.274 e. The molecule has 0 atom stereocenters. The van der Waals surface area contributed by atoms with E-state index in [1.54, 1.807) is 6.07 Å². The van der Waals surface area contributed by atoms with Crippen LogP contribution in [0.3, 0.4) is 0 Å². The van der Waals surface area contributed by atoms with Crippen molar-refractivity contribution in [1.82, 2.24) is 9.63 Å². The van der Waals surface area contributed by atoms with Gasteiger partial charge < -0.3 is 10.3 Å². The third-order valence-electron chi connectivity index (χ3n) is 1.98. The fraction of sp³-hybridized carbons (Fsp3) is 0.333. The van der Waals surface area contributed by atoms with Crippen LogP contribution in [0.15, 0.2) is 23.1 Å². The molecule has 0 aromatic carbocycles. The number of nitrogen functional groups attached to an aromatic ring is 1. The Hall–Kier alpha value is -1.82. The summed E-state index contributed by atoms with van der Waals surface area (Å²) < 4.78 is 1.23. The zero-order valence-electron chi connectivity index (χ0n) is 8.64. The van der Waals surface area contributed by atoms with E-state index in [0.717, 1.165) is 5.06 Å². The highest BCUT2D eigenvalue weighted by atomic mass is 16.7. The summed E-state index contributed by atoms with van der Waals surface area (Å²) >= 11 is 0. The number of carbonyl (C=O) groups excluding carboxylic acids is 1. The number of amides is 1. The normalized spacial score (nSPS) is 10.0. The van der Waals surface area contributed by atoms with Crippen LogP contribution >= 0.6 is 0 Å². The first-order valence-electron chi connectivity index (χ1n) is 4.32. The van der Waals surface area contributed by atoms with E-state index >= 15 is 0 Å². The lowest BCUT2D eigenvalue weighted by molar-refractivity contribution is -0.169. The monoisotopic (exact) mass is 211 g/mol. The van der Waals surface area contributed by atoms with Gasteiger partial charge in [0.15, 0.2) is 0 Å². The second-order valence-electron chi connectivity index (χ2n) is 2.97. The molecule has 1 aromatic heterocycles. The van der Waals surface area contributed by atoms with Crippen LogP contribution < -0.4 is 11.3 Å². The van der Waals surface area contributed by atoms with Crippen LogP contribution in [0.4, 0.5) is 5.69 Å². The van der Waals surface area contributed by atoms with Crippen LogP contribution in [0, 0.1) is 0 Å². The van der Waals surface area contributed by atoms with Gasteiger partial charge in [-0.1, -0.05) is 0 Å². The van der Waals surface area contributed by atoms with Gasteiger partial charge >= 0.3 is 0 Å². The van der Waals surface area contributed by atoms with Crippen LogP contribution in [0.1, 0.15) is 0 Å². The fourth-order valence-corrected chi connectivity index (χ4v) is 1.03. The zero-order valence-corrected chi connectivity index (χ0v) is 8.64. The Bertz CT molecular complexity index is 413. The molecule has 6 nitrogen and oxygen atoms in total. The molecule has 0 saturated carbocycles. The standard InChI is InChI=1S/C9H13N3O3/c1-11(15-2)8(13)6-12-5-3-4-7(10)9(12)14/h3-5H,6,10H2,1-2H3. The molecule has 0 aliphatic carbocycles. The Labute approximate surface area is 86.8 Å². The van der Waals surface area contributed by atoms with Gasteiger partial charge in [-0.3, -0.25) is 14.4 Å². The molecule has 1 aromatic rings. The van der Waals surface area contributed by atoms with Crippen LogP contribution in [0.25, 0.3) is 0 Å². The van der Waals surface area contributed by atoms with E-state index in [2.05, 4.69) is 0 Å². The molecule has 0 bridgehead atoms. The van der Waals surface area contributed by atoms with Crippen molar-refractivity contribution in [2.75, 3.05) is 19.9 Å². The van der Waals surface area contributed by atoms with Gasteiger partial charge in [-0.15, -0.1) is 0 Å². The Morgan fingerprint density at radius 3 is 2.93 bits per heavy atom. The number of likely N-dealkylation sites (N-methyl/N-ethyl adjacent to an activating group) is 1. The fourth-order valence-electron chi connectivity index (χ4n) is 1.03. The predicted octanol–water partition coefficient (Wildman–Crippen LogP) is -0.550. The number of aromatic nitrogens is 1. The molecule has 1 heterocycles. The molecule has 0 fully saturated rings. The molecular formula is C9H13N3O3. The number of carbonyl (C=O) groups is 1. The molecule has 0 aliphatic rings. The van der Waals surface area contributed by atoms with Gasteiger partial charge in [0, 0.05) is 13.2 Å². The lowest BCUT2D eigenvalue weighted by Gasteiger charge is -2.14. The molecule has 82 valence electrons. The summed E-state index contributed by atoms with van der Waals surface area (Å²) in [5.41, 5.74) is 5.15. The highest BCUT2D eigenvalue weighted by Gasteiger charge is 2.09. The van der Waals surface area contributed by atoms with Crippen LogP contribution in [-0.4, -0.2) is 29.7 Å². The second kappa shape index (κ2) is 4.61. The number of nitrogens with two attached hydrogens (primary N) is 1. The van der Waals surface area contributed by atoms with Crippen molar-refractivity contribution in [3.05, 3.63) is 28.7 Å². The van der Waals surface area contributed by atoms with Crippen LogP contribution in [0.2, 0.25) is 0 Å². The summed E-state index contributed by atoms with van der Waals surface area (Å²) in [5, 5.41) is 1.05. The molecule has 0 saturated heterocycles. The van der Waals surface area contributed by atoms with E-state index in [4.69, 9.17) is 10.6 Å². The summed E-state index contributed by atoms with van der Waals surface area (Å²) in [5.74, 6) is -0.329. The van der Waals surface area contributed by atoms with Crippen molar-refractivity contribution in [2.45, 2.75) is 6.54 Å². The van der Waals surface area contributed by atoms with Gasteiger partial charge in [0.05, 0.1) is 12.8 Å². The predicted molar refractivity (Wildman–Crippen MR) is 54.9 cm³/mol. The van der Waals surface area contributed by atoms with Gasteiger partial charge in [0.25, 0.3) is 11.5 Å². The highest BCUT2D eigenvalue weighted by Crippen LogP contribution is 1.94. The van der Waals surface area contributed by atoms with Crippen molar-refractivity contribution in [2.24, 2.45) is 0 Å². The maximum Gasteiger partial charge on any atom is 0.274 e. The Morgan fingerprint density at radius 2 is 2.33 bits per heavy atom. The molecule has 1 rings (SSSR count). The minimum absolute atomic E-state index is 0.0891. The van der Waals surface area contributed by atoms with E-state index in [1.807, 2.05) is 0 Å². The maximum absolute atomic E-state index is 11.4. The van der Waals surface area contributed by atoms with Gasteiger partial charge in [-0.2, -0.15) is 0 Å². The van der Waals surface area contributed by atoms with Gasteiger partial charge in [0.1, 0.15) is 6.54 Å². The van der Waals surface area contributed by atoms with Gasteiger partial charge in [-0.05, 0) is 12.1 Å². The number of hydrogen-bond acceptors (Lipinski definition) is 4. The number of rotatable bonds is 3.